The second-order valence-corrected chi connectivity index (χ2v) is 3.70. The molecule has 2 aliphatic rings. The van der Waals surface area contributed by atoms with Crippen molar-refractivity contribution in [2.75, 3.05) is 26.8 Å². The minimum atomic E-state index is -0.678. The third-order valence-corrected chi connectivity index (χ3v) is 3.16. The molecule has 1 unspecified atom stereocenters. The van der Waals surface area contributed by atoms with Crippen LogP contribution in [-0.4, -0.2) is 48.3 Å². The van der Waals surface area contributed by atoms with E-state index in [0.29, 0.717) is 13.2 Å². The lowest BCUT2D eigenvalue weighted by Gasteiger charge is -2.45. The van der Waals surface area contributed by atoms with Gasteiger partial charge in [0.2, 0.25) is 0 Å². The van der Waals surface area contributed by atoms with E-state index in [2.05, 4.69) is 4.90 Å². The summed E-state index contributed by atoms with van der Waals surface area (Å²) in [6, 6.07) is 0. The number of carbonyl (C=O) groups is 1. The van der Waals surface area contributed by atoms with Gasteiger partial charge in [-0.25, -0.2) is 0 Å². The monoisotopic (exact) mass is 171 g/mol. The molecule has 2 rings (SSSR count). The van der Waals surface area contributed by atoms with E-state index in [-0.39, 0.29) is 11.5 Å². The Bertz CT molecular complexity index is 212. The van der Waals surface area contributed by atoms with Crippen molar-refractivity contribution in [2.24, 2.45) is 5.92 Å². The molecular formula is C8H13NO3. The zero-order valence-corrected chi connectivity index (χ0v) is 7.12. The second kappa shape index (κ2) is 2.44. The molecule has 0 amide bonds. The molecule has 0 bridgehead atoms. The maximum Gasteiger partial charge on any atom is 0.308 e. The maximum atomic E-state index is 10.9. The Labute approximate surface area is 71.1 Å². The Kier molecular flexibility index (Phi) is 1.63. The Morgan fingerprint density at radius 3 is 2.67 bits per heavy atom. The summed E-state index contributed by atoms with van der Waals surface area (Å²) >= 11 is 0. The standard InChI is InChI=1S/C8H13NO3/c1-9-3-2-6(7(10)11)8(9)4-12-5-8/h6H,2-5H2,1H3,(H,10,11). The number of aliphatic carboxylic acids is 1. The molecule has 0 aromatic carbocycles. The lowest BCUT2D eigenvalue weighted by atomic mass is 9.83. The molecule has 2 saturated heterocycles. The first-order valence-corrected chi connectivity index (χ1v) is 4.18. The highest BCUT2D eigenvalue weighted by Gasteiger charge is 2.55. The van der Waals surface area contributed by atoms with Crippen LogP contribution >= 0.6 is 0 Å². The summed E-state index contributed by atoms with van der Waals surface area (Å²) in [5.41, 5.74) is -0.175. The fourth-order valence-corrected chi connectivity index (χ4v) is 2.17. The first-order chi connectivity index (χ1) is 5.67. The molecule has 0 saturated carbocycles. The van der Waals surface area contributed by atoms with Gasteiger partial charge >= 0.3 is 5.97 Å². The van der Waals surface area contributed by atoms with Crippen molar-refractivity contribution < 1.29 is 14.6 Å². The van der Waals surface area contributed by atoms with Gasteiger partial charge in [-0.05, 0) is 20.0 Å². The van der Waals surface area contributed by atoms with Gasteiger partial charge in [0.15, 0.2) is 0 Å². The topological polar surface area (TPSA) is 49.8 Å². The summed E-state index contributed by atoms with van der Waals surface area (Å²) in [7, 11) is 1.98. The summed E-state index contributed by atoms with van der Waals surface area (Å²) < 4.78 is 5.11. The lowest BCUT2D eigenvalue weighted by molar-refractivity contribution is -0.166. The molecule has 0 aromatic rings. The van der Waals surface area contributed by atoms with Crippen LogP contribution in [0, 0.1) is 5.92 Å². The van der Waals surface area contributed by atoms with Crippen LogP contribution in [-0.2, 0) is 9.53 Å². The van der Waals surface area contributed by atoms with Crippen molar-refractivity contribution in [1.82, 2.24) is 4.90 Å². The predicted molar refractivity (Wildman–Crippen MR) is 41.9 cm³/mol. The summed E-state index contributed by atoms with van der Waals surface area (Å²) in [5, 5.41) is 8.95. The Morgan fingerprint density at radius 1 is 1.67 bits per heavy atom. The number of rotatable bonds is 1. The van der Waals surface area contributed by atoms with Crippen molar-refractivity contribution in [3.05, 3.63) is 0 Å². The maximum absolute atomic E-state index is 10.9. The van der Waals surface area contributed by atoms with Crippen LogP contribution < -0.4 is 0 Å². The van der Waals surface area contributed by atoms with Crippen LogP contribution in [0.5, 0.6) is 0 Å². The number of hydrogen-bond donors (Lipinski definition) is 1. The highest BCUT2D eigenvalue weighted by atomic mass is 16.5. The number of ether oxygens (including phenoxy) is 1. The van der Waals surface area contributed by atoms with Gasteiger partial charge in [-0.15, -0.1) is 0 Å². The van der Waals surface area contributed by atoms with Crippen molar-refractivity contribution in [2.45, 2.75) is 12.0 Å². The summed E-state index contributed by atoms with van der Waals surface area (Å²) in [6.45, 7) is 2.04. The van der Waals surface area contributed by atoms with Gasteiger partial charge in [-0.2, -0.15) is 0 Å². The van der Waals surface area contributed by atoms with E-state index < -0.39 is 5.97 Å². The van der Waals surface area contributed by atoms with Gasteiger partial charge in [-0.1, -0.05) is 0 Å². The summed E-state index contributed by atoms with van der Waals surface area (Å²) in [6.07, 6.45) is 0.759. The molecule has 2 heterocycles. The van der Waals surface area contributed by atoms with Crippen molar-refractivity contribution in [3.63, 3.8) is 0 Å². The number of likely N-dealkylation sites (N-methyl/N-ethyl adjacent to an activating group) is 1. The predicted octanol–water partition coefficient (Wildman–Crippen LogP) is -0.208. The summed E-state index contributed by atoms with van der Waals surface area (Å²) in [5.74, 6) is -0.904. The quantitative estimate of drug-likeness (QED) is 0.593. The van der Waals surface area contributed by atoms with Crippen LogP contribution in [0.2, 0.25) is 0 Å². The third-order valence-electron chi connectivity index (χ3n) is 3.16. The molecule has 12 heavy (non-hydrogen) atoms. The van der Waals surface area contributed by atoms with Gasteiger partial charge in [-0.3, -0.25) is 9.69 Å². The van der Waals surface area contributed by atoms with E-state index in [1.807, 2.05) is 7.05 Å². The van der Waals surface area contributed by atoms with Crippen LogP contribution in [0.3, 0.4) is 0 Å². The molecule has 4 nitrogen and oxygen atoms in total. The smallest absolute Gasteiger partial charge is 0.308 e. The molecule has 4 heteroatoms. The summed E-state index contributed by atoms with van der Waals surface area (Å²) in [4.78, 5) is 13.0. The zero-order valence-electron chi connectivity index (χ0n) is 7.12. The second-order valence-electron chi connectivity index (χ2n) is 3.70. The van der Waals surface area contributed by atoms with Crippen LogP contribution in [0.4, 0.5) is 0 Å². The lowest BCUT2D eigenvalue weighted by Crippen LogP contribution is -2.62. The highest BCUT2D eigenvalue weighted by molar-refractivity contribution is 5.72. The zero-order chi connectivity index (χ0) is 8.77. The molecule has 1 N–H and O–H groups in total. The molecule has 0 radical (unpaired) electrons. The first kappa shape index (κ1) is 8.01. The average molecular weight is 171 g/mol. The average Bonchev–Trinajstić information content (AvgIpc) is 2.24. The molecule has 1 atom stereocenters. The largest absolute Gasteiger partial charge is 0.481 e. The van der Waals surface area contributed by atoms with Crippen molar-refractivity contribution in [3.8, 4) is 0 Å². The van der Waals surface area contributed by atoms with Gasteiger partial charge in [0.25, 0.3) is 0 Å². The van der Waals surface area contributed by atoms with E-state index in [4.69, 9.17) is 9.84 Å². The molecule has 68 valence electrons. The number of likely N-dealkylation sites (tertiary alicyclic amines) is 1. The minimum absolute atomic E-state index is 0.175. The van der Waals surface area contributed by atoms with Crippen molar-refractivity contribution in [1.29, 1.82) is 0 Å². The van der Waals surface area contributed by atoms with E-state index in [1.165, 1.54) is 0 Å². The van der Waals surface area contributed by atoms with Crippen LogP contribution in [0.1, 0.15) is 6.42 Å². The molecule has 1 spiro atoms. The fraction of sp³-hybridized carbons (Fsp3) is 0.875. The van der Waals surface area contributed by atoms with Gasteiger partial charge in [0.05, 0.1) is 24.7 Å². The van der Waals surface area contributed by atoms with Crippen molar-refractivity contribution >= 4 is 5.97 Å². The third kappa shape index (κ3) is 0.820. The molecule has 2 fully saturated rings. The van der Waals surface area contributed by atoms with Gasteiger partial charge < -0.3 is 9.84 Å². The van der Waals surface area contributed by atoms with Gasteiger partial charge in [0.1, 0.15) is 0 Å². The molecular weight excluding hydrogens is 158 g/mol. The van der Waals surface area contributed by atoms with Crippen LogP contribution in [0.15, 0.2) is 0 Å². The number of carboxylic acid groups (broad SMARTS) is 1. The number of nitrogens with zero attached hydrogens (tertiary/aromatic N) is 1. The number of carboxylic acids is 1. The SMILES string of the molecule is CN1CCC(C(=O)O)C12COC2. The van der Waals surface area contributed by atoms with Gasteiger partial charge in [0, 0.05) is 0 Å². The molecule has 2 aliphatic heterocycles. The Hall–Kier alpha value is -0.610. The van der Waals surface area contributed by atoms with E-state index in [9.17, 15) is 4.79 Å². The van der Waals surface area contributed by atoms with E-state index in [0.717, 1.165) is 13.0 Å². The minimum Gasteiger partial charge on any atom is -0.481 e. The Morgan fingerprint density at radius 2 is 2.33 bits per heavy atom. The highest BCUT2D eigenvalue weighted by Crippen LogP contribution is 2.39. The van der Waals surface area contributed by atoms with Crippen LogP contribution in [0.25, 0.3) is 0 Å². The normalized spacial score (nSPS) is 33.6. The first-order valence-electron chi connectivity index (χ1n) is 4.18. The molecule has 0 aromatic heterocycles. The van der Waals surface area contributed by atoms with E-state index >= 15 is 0 Å². The number of hydrogen-bond acceptors (Lipinski definition) is 3. The molecule has 0 aliphatic carbocycles. The van der Waals surface area contributed by atoms with E-state index in [1.54, 1.807) is 0 Å². The Balaban J connectivity index is 2.20. The fourth-order valence-electron chi connectivity index (χ4n) is 2.17.